The molecule has 0 aliphatic carbocycles. The Morgan fingerprint density at radius 2 is 1.74 bits per heavy atom. The number of hydrogen-bond donors (Lipinski definition) is 1. The van der Waals surface area contributed by atoms with Crippen LogP contribution in [0.2, 0.25) is 0 Å². The summed E-state index contributed by atoms with van der Waals surface area (Å²) in [6.07, 6.45) is -3.51. The minimum atomic E-state index is -4.59. The van der Waals surface area contributed by atoms with E-state index in [1.165, 1.54) is 6.07 Å². The average molecular weight is 501 g/mol. The number of carbonyl (C=O) groups excluding carboxylic acids is 1. The fraction of sp³-hybridized carbons (Fsp3) is 0.458. The number of para-hydroxylation sites is 1. The highest BCUT2D eigenvalue weighted by Gasteiger charge is 2.31. The highest BCUT2D eigenvalue weighted by molar-refractivity contribution is 7.92. The van der Waals surface area contributed by atoms with Crippen molar-refractivity contribution < 1.29 is 31.1 Å². The van der Waals surface area contributed by atoms with E-state index in [4.69, 9.17) is 4.74 Å². The molecular formula is C24H31F3N2O4S. The fourth-order valence-corrected chi connectivity index (χ4v) is 4.32. The largest absolute Gasteiger partial charge is 0.491 e. The maximum Gasteiger partial charge on any atom is 0.416 e. The van der Waals surface area contributed by atoms with Crippen molar-refractivity contribution in [3.05, 3.63) is 59.7 Å². The molecule has 2 aromatic carbocycles. The zero-order valence-electron chi connectivity index (χ0n) is 19.8. The van der Waals surface area contributed by atoms with Crippen molar-refractivity contribution in [3.63, 3.8) is 0 Å². The second-order valence-corrected chi connectivity index (χ2v) is 10.8. The van der Waals surface area contributed by atoms with E-state index in [9.17, 15) is 26.4 Å². The Labute approximate surface area is 199 Å². The first-order valence-electron chi connectivity index (χ1n) is 10.8. The van der Waals surface area contributed by atoms with Crippen molar-refractivity contribution in [1.82, 2.24) is 5.32 Å². The summed E-state index contributed by atoms with van der Waals surface area (Å²) >= 11 is 0. The molecule has 188 valence electrons. The van der Waals surface area contributed by atoms with Crippen molar-refractivity contribution in [1.29, 1.82) is 0 Å². The molecule has 0 radical (unpaired) electrons. The molecular weight excluding hydrogens is 469 g/mol. The van der Waals surface area contributed by atoms with E-state index in [-0.39, 0.29) is 49.5 Å². The second kappa shape index (κ2) is 11.1. The van der Waals surface area contributed by atoms with Gasteiger partial charge in [0.1, 0.15) is 12.4 Å². The quantitative estimate of drug-likeness (QED) is 0.478. The van der Waals surface area contributed by atoms with Gasteiger partial charge in [0, 0.05) is 13.0 Å². The Morgan fingerprint density at radius 3 is 2.35 bits per heavy atom. The SMILES string of the molecule is CC(C)(C)c1ccccc1OCCNC(=O)CCCN(c1cccc(C(F)(F)F)c1)S(C)(=O)=O. The van der Waals surface area contributed by atoms with Crippen LogP contribution in [-0.4, -0.2) is 40.3 Å². The average Bonchev–Trinajstić information content (AvgIpc) is 2.72. The third-order valence-corrected chi connectivity index (χ3v) is 6.20. The predicted octanol–water partition coefficient (Wildman–Crippen LogP) is 4.74. The Bertz CT molecular complexity index is 1080. The Kier molecular flexibility index (Phi) is 8.99. The normalized spacial score (nSPS) is 12.3. The monoisotopic (exact) mass is 500 g/mol. The van der Waals surface area contributed by atoms with Crippen molar-refractivity contribution in [2.24, 2.45) is 0 Å². The lowest BCUT2D eigenvalue weighted by atomic mass is 9.86. The van der Waals surface area contributed by atoms with E-state index in [0.29, 0.717) is 0 Å². The highest BCUT2D eigenvalue weighted by Crippen LogP contribution is 2.32. The molecule has 10 heteroatoms. The standard InChI is InChI=1S/C24H31F3N2O4S/c1-23(2,3)20-11-5-6-12-21(20)33-16-14-28-22(30)13-8-15-29(34(4,31)32)19-10-7-9-18(17-19)24(25,26)27/h5-7,9-12,17H,8,13-16H2,1-4H3,(H,28,30). The van der Waals surface area contributed by atoms with E-state index < -0.39 is 21.8 Å². The molecule has 0 saturated carbocycles. The number of sulfonamides is 1. The molecule has 0 spiro atoms. The maximum atomic E-state index is 13.0. The smallest absolute Gasteiger partial charge is 0.416 e. The zero-order chi connectivity index (χ0) is 25.6. The van der Waals surface area contributed by atoms with Crippen LogP contribution in [-0.2, 0) is 26.4 Å². The van der Waals surface area contributed by atoms with Crippen LogP contribution in [0.1, 0.15) is 44.7 Å². The molecule has 0 heterocycles. The number of ether oxygens (including phenoxy) is 1. The van der Waals surface area contributed by atoms with Crippen molar-refractivity contribution in [3.8, 4) is 5.75 Å². The Morgan fingerprint density at radius 1 is 1.06 bits per heavy atom. The number of benzene rings is 2. The van der Waals surface area contributed by atoms with Gasteiger partial charge in [0.25, 0.3) is 0 Å². The zero-order valence-corrected chi connectivity index (χ0v) is 20.6. The van der Waals surface area contributed by atoms with Crippen molar-refractivity contribution >= 4 is 21.6 Å². The summed E-state index contributed by atoms with van der Waals surface area (Å²) in [7, 11) is -3.83. The van der Waals surface area contributed by atoms with Gasteiger partial charge >= 0.3 is 6.18 Å². The topological polar surface area (TPSA) is 75.7 Å². The van der Waals surface area contributed by atoms with Gasteiger partial charge in [-0.3, -0.25) is 9.10 Å². The molecule has 1 N–H and O–H groups in total. The van der Waals surface area contributed by atoms with E-state index >= 15 is 0 Å². The van der Waals surface area contributed by atoms with E-state index in [2.05, 4.69) is 26.1 Å². The van der Waals surface area contributed by atoms with Crippen LogP contribution in [0.25, 0.3) is 0 Å². The van der Waals surface area contributed by atoms with Crippen LogP contribution < -0.4 is 14.4 Å². The van der Waals surface area contributed by atoms with Crippen LogP contribution in [0, 0.1) is 0 Å². The number of hydrogen-bond acceptors (Lipinski definition) is 4. The summed E-state index contributed by atoms with van der Waals surface area (Å²) in [5.74, 6) is 0.444. The van der Waals surface area contributed by atoms with Gasteiger partial charge in [-0.2, -0.15) is 13.2 Å². The lowest BCUT2D eigenvalue weighted by Crippen LogP contribution is -2.33. The van der Waals surface area contributed by atoms with E-state index in [1.807, 2.05) is 24.3 Å². The number of anilines is 1. The summed E-state index contributed by atoms with van der Waals surface area (Å²) in [5.41, 5.74) is -0.0739. The fourth-order valence-electron chi connectivity index (χ4n) is 3.36. The number of amides is 1. The summed E-state index contributed by atoms with van der Waals surface area (Å²) < 4.78 is 69.9. The highest BCUT2D eigenvalue weighted by atomic mass is 32.2. The van der Waals surface area contributed by atoms with Crippen LogP contribution in [0.3, 0.4) is 0 Å². The Balaban J connectivity index is 1.87. The van der Waals surface area contributed by atoms with E-state index in [0.717, 1.165) is 40.1 Å². The molecule has 0 aliphatic heterocycles. The number of carbonyl (C=O) groups is 1. The van der Waals surface area contributed by atoms with Crippen LogP contribution >= 0.6 is 0 Å². The third kappa shape index (κ3) is 8.23. The number of alkyl halides is 3. The molecule has 1 amide bonds. The maximum absolute atomic E-state index is 13.0. The van der Waals surface area contributed by atoms with Crippen molar-refractivity contribution in [2.45, 2.75) is 45.2 Å². The first-order valence-corrected chi connectivity index (χ1v) is 12.7. The molecule has 2 rings (SSSR count). The molecule has 6 nitrogen and oxygen atoms in total. The first kappa shape index (κ1) is 27.5. The van der Waals surface area contributed by atoms with Crippen LogP contribution in [0.5, 0.6) is 5.75 Å². The minimum absolute atomic E-state index is 0.0174. The van der Waals surface area contributed by atoms with Crippen molar-refractivity contribution in [2.75, 3.05) is 30.3 Å². The lowest BCUT2D eigenvalue weighted by Gasteiger charge is -2.23. The molecule has 34 heavy (non-hydrogen) atoms. The molecule has 0 aliphatic rings. The first-order chi connectivity index (χ1) is 15.7. The Hall–Kier alpha value is -2.75. The summed E-state index contributed by atoms with van der Waals surface area (Å²) in [6, 6.07) is 11.8. The molecule has 0 saturated heterocycles. The second-order valence-electron chi connectivity index (χ2n) is 8.93. The van der Waals surface area contributed by atoms with E-state index in [1.54, 1.807) is 0 Å². The number of nitrogens with zero attached hydrogens (tertiary/aromatic N) is 1. The van der Waals surface area contributed by atoms with Crippen LogP contribution in [0.4, 0.5) is 18.9 Å². The van der Waals surface area contributed by atoms with Gasteiger partial charge in [-0.1, -0.05) is 45.0 Å². The molecule has 0 unspecified atom stereocenters. The summed E-state index contributed by atoms with van der Waals surface area (Å²) in [4.78, 5) is 12.2. The number of nitrogens with one attached hydrogen (secondary N) is 1. The van der Waals surface area contributed by atoms with Gasteiger partial charge in [-0.05, 0) is 41.7 Å². The molecule has 2 aromatic rings. The van der Waals surface area contributed by atoms with Gasteiger partial charge in [-0.25, -0.2) is 8.42 Å². The third-order valence-electron chi connectivity index (χ3n) is 5.00. The van der Waals surface area contributed by atoms with Gasteiger partial charge in [0.15, 0.2) is 0 Å². The lowest BCUT2D eigenvalue weighted by molar-refractivity contribution is -0.137. The van der Waals surface area contributed by atoms with Gasteiger partial charge < -0.3 is 10.1 Å². The molecule has 0 aromatic heterocycles. The van der Waals surface area contributed by atoms with Gasteiger partial charge in [-0.15, -0.1) is 0 Å². The molecule has 0 bridgehead atoms. The van der Waals surface area contributed by atoms with Crippen LogP contribution in [0.15, 0.2) is 48.5 Å². The number of halogens is 3. The molecule has 0 atom stereocenters. The van der Waals surface area contributed by atoms with Gasteiger partial charge in [0.05, 0.1) is 24.1 Å². The summed E-state index contributed by atoms with van der Waals surface area (Å²) in [6.45, 7) is 6.64. The predicted molar refractivity (Wildman–Crippen MR) is 127 cm³/mol. The summed E-state index contributed by atoms with van der Waals surface area (Å²) in [5, 5.41) is 2.71. The number of rotatable bonds is 10. The van der Waals surface area contributed by atoms with Gasteiger partial charge in [0.2, 0.25) is 15.9 Å². The molecule has 0 fully saturated rings. The minimum Gasteiger partial charge on any atom is -0.491 e.